The molecule has 0 saturated carbocycles. The fraction of sp³-hybridized carbons (Fsp3) is 1.00. The summed E-state index contributed by atoms with van der Waals surface area (Å²) >= 11 is 0. The average Bonchev–Trinajstić information content (AvgIpc) is 2.28. The Morgan fingerprint density at radius 2 is 1.86 bits per heavy atom. The van der Waals surface area contributed by atoms with Crippen LogP contribution in [0.25, 0.3) is 0 Å². The van der Waals surface area contributed by atoms with Gasteiger partial charge in [-0.25, -0.2) is 8.42 Å². The highest BCUT2D eigenvalue weighted by Crippen LogP contribution is 2.31. The first-order valence-corrected chi connectivity index (χ1v) is 5.90. The molecule has 0 N–H and O–H groups in total. The van der Waals surface area contributed by atoms with Crippen molar-refractivity contribution >= 4 is 10.4 Å². The van der Waals surface area contributed by atoms with E-state index in [-0.39, 0.29) is 24.7 Å². The van der Waals surface area contributed by atoms with Crippen LogP contribution in [0, 0.1) is 11.8 Å². The van der Waals surface area contributed by atoms with E-state index in [1.54, 1.807) is 0 Å². The van der Waals surface area contributed by atoms with Gasteiger partial charge < -0.3 is 9.29 Å². The molecular weight excluding hydrogens is 208 g/mol. The van der Waals surface area contributed by atoms with E-state index in [1.165, 1.54) is 0 Å². The van der Waals surface area contributed by atoms with Crippen LogP contribution >= 0.6 is 0 Å². The standard InChI is InChI=1S/C8H16O5S/c1-5-6(2)8(13-7(5)3)4-12-14(9,10)11/h5-8H,4H2,1-3H3,(H,9,10,11)/p-1. The van der Waals surface area contributed by atoms with Gasteiger partial charge in [-0.1, -0.05) is 13.8 Å². The van der Waals surface area contributed by atoms with Crippen molar-refractivity contribution in [2.75, 3.05) is 6.61 Å². The van der Waals surface area contributed by atoms with Crippen molar-refractivity contribution in [1.82, 2.24) is 0 Å². The summed E-state index contributed by atoms with van der Waals surface area (Å²) in [7, 11) is -4.60. The lowest BCUT2D eigenvalue weighted by molar-refractivity contribution is 0.0116. The highest BCUT2D eigenvalue weighted by molar-refractivity contribution is 7.80. The van der Waals surface area contributed by atoms with Gasteiger partial charge in [-0.15, -0.1) is 0 Å². The zero-order chi connectivity index (χ0) is 10.9. The summed E-state index contributed by atoms with van der Waals surface area (Å²) in [6.45, 7) is 5.73. The third-order valence-electron chi connectivity index (χ3n) is 2.92. The molecule has 1 fully saturated rings. The van der Waals surface area contributed by atoms with Crippen LogP contribution in [0.1, 0.15) is 20.8 Å². The highest BCUT2D eigenvalue weighted by Gasteiger charge is 2.36. The van der Waals surface area contributed by atoms with E-state index in [0.29, 0.717) is 5.92 Å². The van der Waals surface area contributed by atoms with Crippen molar-refractivity contribution in [3.05, 3.63) is 0 Å². The summed E-state index contributed by atoms with van der Waals surface area (Å²) in [6, 6.07) is 0. The first-order chi connectivity index (χ1) is 6.31. The summed E-state index contributed by atoms with van der Waals surface area (Å²) in [5.41, 5.74) is 0. The Bertz CT molecular complexity index is 286. The molecule has 0 aromatic rings. The van der Waals surface area contributed by atoms with Gasteiger partial charge in [-0.05, 0) is 18.8 Å². The quantitative estimate of drug-likeness (QED) is 0.515. The Balaban J connectivity index is 2.48. The van der Waals surface area contributed by atoms with E-state index in [2.05, 4.69) is 4.18 Å². The summed E-state index contributed by atoms with van der Waals surface area (Å²) in [5.74, 6) is 0.546. The van der Waals surface area contributed by atoms with E-state index < -0.39 is 10.4 Å². The molecule has 5 nitrogen and oxygen atoms in total. The molecule has 4 unspecified atom stereocenters. The van der Waals surface area contributed by atoms with Crippen LogP contribution in [0.15, 0.2) is 0 Å². The van der Waals surface area contributed by atoms with Gasteiger partial charge in [0.1, 0.15) is 0 Å². The lowest BCUT2D eigenvalue weighted by Crippen LogP contribution is -2.24. The lowest BCUT2D eigenvalue weighted by atomic mass is 9.91. The molecule has 0 amide bonds. The normalized spacial score (nSPS) is 38.9. The third kappa shape index (κ3) is 2.91. The van der Waals surface area contributed by atoms with Crippen LogP contribution in [0.5, 0.6) is 0 Å². The molecule has 1 rings (SSSR count). The summed E-state index contributed by atoms with van der Waals surface area (Å²) in [6.07, 6.45) is -0.225. The molecule has 0 spiro atoms. The van der Waals surface area contributed by atoms with Crippen molar-refractivity contribution in [3.63, 3.8) is 0 Å². The Kier molecular flexibility index (Phi) is 3.52. The summed E-state index contributed by atoms with van der Waals surface area (Å²) in [4.78, 5) is 0. The fourth-order valence-electron chi connectivity index (χ4n) is 1.63. The van der Waals surface area contributed by atoms with Crippen molar-refractivity contribution in [1.29, 1.82) is 0 Å². The molecule has 1 aliphatic rings. The molecule has 1 saturated heterocycles. The average molecular weight is 223 g/mol. The summed E-state index contributed by atoms with van der Waals surface area (Å²) < 4.78 is 40.3. The SMILES string of the molecule is CC1OC(COS(=O)(=O)[O-])C(C)C1C. The Morgan fingerprint density at radius 3 is 2.21 bits per heavy atom. The predicted molar refractivity (Wildman–Crippen MR) is 48.3 cm³/mol. The molecule has 4 atom stereocenters. The molecule has 84 valence electrons. The van der Waals surface area contributed by atoms with Gasteiger partial charge >= 0.3 is 0 Å². The zero-order valence-corrected chi connectivity index (χ0v) is 9.28. The molecule has 0 bridgehead atoms. The van der Waals surface area contributed by atoms with E-state index in [0.717, 1.165) is 0 Å². The van der Waals surface area contributed by atoms with Crippen LogP contribution in [0.3, 0.4) is 0 Å². The van der Waals surface area contributed by atoms with E-state index in [9.17, 15) is 13.0 Å². The van der Waals surface area contributed by atoms with E-state index >= 15 is 0 Å². The van der Waals surface area contributed by atoms with Crippen LogP contribution in [0.4, 0.5) is 0 Å². The van der Waals surface area contributed by atoms with Crippen molar-refractivity contribution in [2.24, 2.45) is 11.8 Å². The maximum absolute atomic E-state index is 10.2. The van der Waals surface area contributed by atoms with E-state index in [4.69, 9.17) is 4.74 Å². The van der Waals surface area contributed by atoms with Crippen molar-refractivity contribution < 1.29 is 21.9 Å². The van der Waals surface area contributed by atoms with Crippen LogP contribution in [-0.2, 0) is 19.3 Å². The number of hydrogen-bond acceptors (Lipinski definition) is 5. The third-order valence-corrected chi connectivity index (χ3v) is 3.35. The molecule has 6 heteroatoms. The summed E-state index contributed by atoms with van der Waals surface area (Å²) in [5, 5.41) is 0. The minimum Gasteiger partial charge on any atom is -0.726 e. The van der Waals surface area contributed by atoms with Crippen LogP contribution in [0.2, 0.25) is 0 Å². The number of rotatable bonds is 3. The minimum atomic E-state index is -4.60. The molecule has 14 heavy (non-hydrogen) atoms. The van der Waals surface area contributed by atoms with Gasteiger partial charge in [-0.2, -0.15) is 0 Å². The second-order valence-corrected chi connectivity index (χ2v) is 4.84. The first kappa shape index (κ1) is 11.9. The van der Waals surface area contributed by atoms with Crippen molar-refractivity contribution in [3.8, 4) is 0 Å². The van der Waals surface area contributed by atoms with Gasteiger partial charge in [0, 0.05) is 0 Å². The van der Waals surface area contributed by atoms with Gasteiger partial charge in [0.2, 0.25) is 10.4 Å². The van der Waals surface area contributed by atoms with Gasteiger partial charge in [0.05, 0.1) is 18.8 Å². The van der Waals surface area contributed by atoms with Gasteiger partial charge in [0.25, 0.3) is 0 Å². The highest BCUT2D eigenvalue weighted by atomic mass is 32.3. The zero-order valence-electron chi connectivity index (χ0n) is 8.47. The molecule has 1 heterocycles. The number of hydrogen-bond donors (Lipinski definition) is 0. The molecule has 0 aromatic carbocycles. The van der Waals surface area contributed by atoms with Crippen molar-refractivity contribution in [2.45, 2.75) is 33.0 Å². The second-order valence-electron chi connectivity index (χ2n) is 3.79. The maximum atomic E-state index is 10.2. The van der Waals surface area contributed by atoms with Gasteiger partial charge in [0.15, 0.2) is 0 Å². The first-order valence-electron chi connectivity index (χ1n) is 4.57. The molecule has 1 aliphatic heterocycles. The van der Waals surface area contributed by atoms with Crippen LogP contribution in [-0.4, -0.2) is 31.8 Å². The lowest BCUT2D eigenvalue weighted by Gasteiger charge is -2.16. The molecule has 0 radical (unpaired) electrons. The molecular formula is C8H15O5S-. The predicted octanol–water partition coefficient (Wildman–Crippen LogP) is 0.523. The Hall–Kier alpha value is -0.170. The largest absolute Gasteiger partial charge is 0.726 e. The smallest absolute Gasteiger partial charge is 0.217 e. The monoisotopic (exact) mass is 223 g/mol. The maximum Gasteiger partial charge on any atom is 0.217 e. The van der Waals surface area contributed by atoms with Crippen LogP contribution < -0.4 is 0 Å². The minimum absolute atomic E-state index is 0.0768. The Labute approximate surface area is 84.4 Å². The Morgan fingerprint density at radius 1 is 1.29 bits per heavy atom. The molecule has 0 aliphatic carbocycles. The van der Waals surface area contributed by atoms with E-state index in [1.807, 2.05) is 20.8 Å². The fourth-order valence-corrected chi connectivity index (χ4v) is 1.93. The topological polar surface area (TPSA) is 75.7 Å². The second kappa shape index (κ2) is 4.14. The van der Waals surface area contributed by atoms with Gasteiger partial charge in [-0.3, -0.25) is 4.18 Å². The molecule has 0 aromatic heterocycles. The number of ether oxygens (including phenoxy) is 1.